The Morgan fingerprint density at radius 2 is 1.48 bits per heavy atom. The highest BCUT2D eigenvalue weighted by molar-refractivity contribution is 8.16. The molecular formula is C26H22ClN3O2S. The summed E-state index contributed by atoms with van der Waals surface area (Å²) in [4.78, 5) is 31.1. The lowest BCUT2D eigenvalue weighted by Crippen LogP contribution is -2.25. The molecule has 5 nitrogen and oxygen atoms in total. The number of carbonyl (C=O) groups excluding carboxylic acids is 2. The molecule has 0 aliphatic carbocycles. The van der Waals surface area contributed by atoms with Crippen molar-refractivity contribution >= 4 is 51.5 Å². The minimum Gasteiger partial charge on any atom is -0.400 e. The van der Waals surface area contributed by atoms with E-state index in [1.165, 1.54) is 11.8 Å². The third-order valence-corrected chi connectivity index (χ3v) is 6.66. The number of hydrogen-bond acceptors (Lipinski definition) is 5. The lowest BCUT2D eigenvalue weighted by atomic mass is 10.0. The van der Waals surface area contributed by atoms with E-state index in [1.807, 2.05) is 50.2 Å². The van der Waals surface area contributed by atoms with Crippen LogP contribution in [-0.2, 0) is 4.79 Å². The van der Waals surface area contributed by atoms with E-state index in [9.17, 15) is 9.59 Å². The van der Waals surface area contributed by atoms with Crippen LogP contribution < -0.4 is 11.1 Å². The zero-order valence-electron chi connectivity index (χ0n) is 18.1. The molecule has 0 saturated heterocycles. The number of carbonyl (C=O) groups is 2. The number of benzene rings is 3. The molecule has 0 fully saturated rings. The second-order valence-electron chi connectivity index (χ2n) is 7.77. The fourth-order valence-corrected chi connectivity index (χ4v) is 4.65. The number of nitrogens with one attached hydrogen (secondary N) is 1. The van der Waals surface area contributed by atoms with E-state index < -0.39 is 11.2 Å². The first-order chi connectivity index (χ1) is 15.8. The van der Waals surface area contributed by atoms with E-state index in [2.05, 4.69) is 10.3 Å². The number of aryl methyl sites for hydroxylation is 2. The number of halogens is 1. The van der Waals surface area contributed by atoms with Gasteiger partial charge in [0, 0.05) is 22.0 Å². The standard InChI is InChI=1S/C26H22ClN3O2S/c1-15-3-7-17(8-4-15)23(31)24-22(28)21(25(32)29-19-13-9-18(27)10-14-19)26(33-24)30-20-11-5-16(2)6-12-20/h3-14,24H,28H2,1-2H3,(H,29,32). The van der Waals surface area contributed by atoms with Gasteiger partial charge in [-0.2, -0.15) is 0 Å². The molecule has 1 aliphatic heterocycles. The number of Topliss-reactive ketones (excluding diaryl/α,β-unsaturated/α-hetero) is 1. The van der Waals surface area contributed by atoms with Gasteiger partial charge in [0.2, 0.25) is 0 Å². The molecule has 1 aliphatic rings. The molecule has 3 N–H and O–H groups in total. The topological polar surface area (TPSA) is 84.6 Å². The maximum absolute atomic E-state index is 13.2. The molecule has 1 amide bonds. The molecule has 166 valence electrons. The van der Waals surface area contributed by atoms with Gasteiger partial charge in [-0.05, 0) is 50.2 Å². The highest BCUT2D eigenvalue weighted by Crippen LogP contribution is 2.37. The molecule has 3 aromatic rings. The SMILES string of the molecule is Cc1ccc(N=C2SC(C(=O)c3ccc(C)cc3)C(N)=C2C(=O)Nc2ccc(Cl)cc2)cc1. The predicted octanol–water partition coefficient (Wildman–Crippen LogP) is 5.84. The van der Waals surface area contributed by atoms with Crippen LogP contribution in [0.5, 0.6) is 0 Å². The summed E-state index contributed by atoms with van der Waals surface area (Å²) in [6, 6.07) is 21.7. The van der Waals surface area contributed by atoms with Gasteiger partial charge in [0.1, 0.15) is 10.3 Å². The lowest BCUT2D eigenvalue weighted by molar-refractivity contribution is -0.112. The normalized spacial score (nSPS) is 16.8. The van der Waals surface area contributed by atoms with Gasteiger partial charge >= 0.3 is 0 Å². The summed E-state index contributed by atoms with van der Waals surface area (Å²) in [5.41, 5.74) is 10.8. The Kier molecular flexibility index (Phi) is 6.67. The van der Waals surface area contributed by atoms with Gasteiger partial charge in [0.15, 0.2) is 5.78 Å². The quantitative estimate of drug-likeness (QED) is 0.454. The molecular weight excluding hydrogens is 454 g/mol. The fraction of sp³-hybridized carbons (Fsp3) is 0.115. The number of aliphatic imine (C=N–C) groups is 1. The molecule has 3 aromatic carbocycles. The average Bonchev–Trinajstić information content (AvgIpc) is 3.12. The Balaban J connectivity index is 1.71. The number of amides is 1. The van der Waals surface area contributed by atoms with E-state index in [4.69, 9.17) is 17.3 Å². The van der Waals surface area contributed by atoms with Crippen molar-refractivity contribution in [2.24, 2.45) is 10.7 Å². The van der Waals surface area contributed by atoms with Crippen molar-refractivity contribution in [2.75, 3.05) is 5.32 Å². The third-order valence-electron chi connectivity index (χ3n) is 5.18. The van der Waals surface area contributed by atoms with Gasteiger partial charge in [0.05, 0.1) is 11.3 Å². The van der Waals surface area contributed by atoms with Crippen molar-refractivity contribution in [3.05, 3.63) is 106 Å². The van der Waals surface area contributed by atoms with Crippen LogP contribution in [0.25, 0.3) is 0 Å². The molecule has 33 heavy (non-hydrogen) atoms. The van der Waals surface area contributed by atoms with Crippen LogP contribution in [0.4, 0.5) is 11.4 Å². The molecule has 4 rings (SSSR count). The summed E-state index contributed by atoms with van der Waals surface area (Å²) in [6.45, 7) is 3.94. The van der Waals surface area contributed by atoms with Gasteiger partial charge in [0.25, 0.3) is 5.91 Å². The minimum atomic E-state index is -0.733. The van der Waals surface area contributed by atoms with E-state index in [1.54, 1.807) is 36.4 Å². The zero-order valence-corrected chi connectivity index (χ0v) is 19.7. The van der Waals surface area contributed by atoms with Crippen LogP contribution >= 0.6 is 23.4 Å². The van der Waals surface area contributed by atoms with Crippen LogP contribution in [0.1, 0.15) is 21.5 Å². The van der Waals surface area contributed by atoms with Crippen molar-refractivity contribution in [1.29, 1.82) is 0 Å². The van der Waals surface area contributed by atoms with Crippen LogP contribution in [0, 0.1) is 13.8 Å². The van der Waals surface area contributed by atoms with Crippen molar-refractivity contribution in [3.63, 3.8) is 0 Å². The Morgan fingerprint density at radius 1 is 0.909 bits per heavy atom. The largest absolute Gasteiger partial charge is 0.400 e. The van der Waals surface area contributed by atoms with Gasteiger partial charge < -0.3 is 11.1 Å². The van der Waals surface area contributed by atoms with Crippen LogP contribution in [0.15, 0.2) is 89.1 Å². The Labute approximate surface area is 201 Å². The molecule has 0 bridgehead atoms. The summed E-state index contributed by atoms with van der Waals surface area (Å²) >= 11 is 7.14. The van der Waals surface area contributed by atoms with Gasteiger partial charge in [-0.15, -0.1) is 0 Å². The van der Waals surface area contributed by atoms with Crippen molar-refractivity contribution in [2.45, 2.75) is 19.1 Å². The molecule has 0 radical (unpaired) electrons. The molecule has 7 heteroatoms. The van der Waals surface area contributed by atoms with Crippen molar-refractivity contribution < 1.29 is 9.59 Å². The monoisotopic (exact) mass is 475 g/mol. The Morgan fingerprint density at radius 3 is 2.09 bits per heavy atom. The van der Waals surface area contributed by atoms with E-state index >= 15 is 0 Å². The van der Waals surface area contributed by atoms with Gasteiger partial charge in [-0.3, -0.25) is 9.59 Å². The number of nitrogens with zero attached hydrogens (tertiary/aromatic N) is 1. The Hall–Kier alpha value is -3.35. The van der Waals surface area contributed by atoms with E-state index in [0.29, 0.717) is 27.0 Å². The number of ketones is 1. The summed E-state index contributed by atoms with van der Waals surface area (Å²) in [5.74, 6) is -0.587. The maximum atomic E-state index is 13.2. The molecule has 1 heterocycles. The van der Waals surface area contributed by atoms with Gasteiger partial charge in [-0.1, -0.05) is 70.9 Å². The predicted molar refractivity (Wildman–Crippen MR) is 136 cm³/mol. The number of anilines is 1. The molecule has 0 aromatic heterocycles. The Bertz CT molecular complexity index is 1260. The smallest absolute Gasteiger partial charge is 0.260 e. The van der Waals surface area contributed by atoms with Crippen molar-refractivity contribution in [3.8, 4) is 0 Å². The first-order valence-electron chi connectivity index (χ1n) is 10.3. The number of nitrogens with two attached hydrogens (primary N) is 1. The van der Waals surface area contributed by atoms with Crippen LogP contribution in [0.2, 0.25) is 5.02 Å². The lowest BCUT2D eigenvalue weighted by Gasteiger charge is -2.10. The number of rotatable bonds is 5. The fourth-order valence-electron chi connectivity index (χ4n) is 3.33. The maximum Gasteiger partial charge on any atom is 0.260 e. The van der Waals surface area contributed by atoms with Crippen LogP contribution in [0.3, 0.4) is 0 Å². The number of thioether (sulfide) groups is 1. The molecule has 0 saturated carbocycles. The van der Waals surface area contributed by atoms with Gasteiger partial charge in [-0.25, -0.2) is 4.99 Å². The first kappa shape index (κ1) is 22.8. The second-order valence-corrected chi connectivity index (χ2v) is 9.30. The van der Waals surface area contributed by atoms with E-state index in [0.717, 1.165) is 11.1 Å². The molecule has 1 atom stereocenters. The summed E-state index contributed by atoms with van der Waals surface area (Å²) in [5, 5.41) is 3.07. The average molecular weight is 476 g/mol. The summed E-state index contributed by atoms with van der Waals surface area (Å²) in [7, 11) is 0. The highest BCUT2D eigenvalue weighted by Gasteiger charge is 2.38. The third kappa shape index (κ3) is 5.18. The minimum absolute atomic E-state index is 0.164. The molecule has 0 spiro atoms. The highest BCUT2D eigenvalue weighted by atomic mass is 35.5. The first-order valence-corrected chi connectivity index (χ1v) is 11.6. The summed E-state index contributed by atoms with van der Waals surface area (Å²) < 4.78 is 0. The second kappa shape index (κ2) is 9.65. The summed E-state index contributed by atoms with van der Waals surface area (Å²) in [6.07, 6.45) is 0. The zero-order chi connectivity index (χ0) is 23.5. The van der Waals surface area contributed by atoms with Crippen molar-refractivity contribution in [1.82, 2.24) is 0 Å². The van der Waals surface area contributed by atoms with Crippen LogP contribution in [-0.4, -0.2) is 22.0 Å². The number of hydrogen-bond donors (Lipinski definition) is 2. The van der Waals surface area contributed by atoms with E-state index in [-0.39, 0.29) is 17.1 Å². The molecule has 1 unspecified atom stereocenters.